The zero-order valence-corrected chi connectivity index (χ0v) is 10.7. The smallest absolute Gasteiger partial charge is 0.219 e. The maximum Gasteiger partial charge on any atom is 0.219 e. The van der Waals surface area contributed by atoms with E-state index in [9.17, 15) is 0 Å². The molecule has 0 aliphatic carbocycles. The van der Waals surface area contributed by atoms with Crippen LogP contribution < -0.4 is 17.2 Å². The summed E-state index contributed by atoms with van der Waals surface area (Å²) in [6, 6.07) is 4.89. The highest BCUT2D eigenvalue weighted by Crippen LogP contribution is 2.28. The van der Waals surface area contributed by atoms with Crippen LogP contribution in [0.1, 0.15) is 18.5 Å². The van der Waals surface area contributed by atoms with Crippen molar-refractivity contribution in [1.29, 1.82) is 0 Å². The molecule has 0 saturated carbocycles. The predicted molar refractivity (Wildman–Crippen MR) is 72.3 cm³/mol. The molecule has 0 radical (unpaired) electrons. The number of benzene rings is 1. The molecule has 7 heteroatoms. The lowest BCUT2D eigenvalue weighted by atomic mass is 10.1. The minimum atomic E-state index is -0.261. The van der Waals surface area contributed by atoms with Gasteiger partial charge >= 0.3 is 0 Å². The van der Waals surface area contributed by atoms with Crippen molar-refractivity contribution in [3.63, 3.8) is 0 Å². The molecule has 1 aromatic carbocycles. The van der Waals surface area contributed by atoms with Crippen molar-refractivity contribution >= 4 is 35.1 Å². The monoisotopic (exact) mass is 273 g/mol. The molecule has 6 N–H and O–H groups in total. The molecular formula is C10H13Cl2N5. The van der Waals surface area contributed by atoms with Gasteiger partial charge in [0.25, 0.3) is 0 Å². The summed E-state index contributed by atoms with van der Waals surface area (Å²) >= 11 is 11.8. The van der Waals surface area contributed by atoms with E-state index >= 15 is 0 Å². The van der Waals surface area contributed by atoms with Crippen molar-refractivity contribution in [3.8, 4) is 0 Å². The summed E-state index contributed by atoms with van der Waals surface area (Å²) in [6.45, 7) is 1.82. The van der Waals surface area contributed by atoms with Gasteiger partial charge in [-0.2, -0.15) is 4.99 Å². The minimum Gasteiger partial charge on any atom is -0.370 e. The van der Waals surface area contributed by atoms with Gasteiger partial charge in [-0.05, 0) is 24.6 Å². The molecule has 1 aromatic rings. The van der Waals surface area contributed by atoms with E-state index in [1.165, 1.54) is 0 Å². The van der Waals surface area contributed by atoms with Gasteiger partial charge in [-0.1, -0.05) is 29.3 Å². The first kappa shape index (κ1) is 13.6. The second-order valence-corrected chi connectivity index (χ2v) is 4.21. The van der Waals surface area contributed by atoms with E-state index in [0.717, 1.165) is 5.56 Å². The highest BCUT2D eigenvalue weighted by atomic mass is 35.5. The van der Waals surface area contributed by atoms with Crippen molar-refractivity contribution in [2.24, 2.45) is 27.2 Å². The maximum absolute atomic E-state index is 6.03. The fourth-order valence-corrected chi connectivity index (χ4v) is 1.84. The summed E-state index contributed by atoms with van der Waals surface area (Å²) in [6.07, 6.45) is 0. The van der Waals surface area contributed by atoms with E-state index < -0.39 is 0 Å². The number of rotatable bonds is 2. The number of aliphatic imine (C=N–C) groups is 2. The molecule has 0 saturated heterocycles. The summed E-state index contributed by atoms with van der Waals surface area (Å²) in [5.41, 5.74) is 16.7. The fourth-order valence-electron chi connectivity index (χ4n) is 1.27. The van der Waals surface area contributed by atoms with Crippen molar-refractivity contribution in [3.05, 3.63) is 33.8 Å². The van der Waals surface area contributed by atoms with E-state index in [1.54, 1.807) is 18.2 Å². The fraction of sp³-hybridized carbons (Fsp3) is 0.200. The van der Waals surface area contributed by atoms with Crippen molar-refractivity contribution in [2.45, 2.75) is 13.0 Å². The average Bonchev–Trinajstić information content (AvgIpc) is 2.15. The Bertz CT molecular complexity index is 466. The molecule has 1 unspecified atom stereocenters. The first-order chi connectivity index (χ1) is 7.90. The molecule has 0 amide bonds. The van der Waals surface area contributed by atoms with Crippen LogP contribution in [0.15, 0.2) is 28.2 Å². The molecule has 17 heavy (non-hydrogen) atoms. The molecule has 0 aliphatic rings. The zero-order valence-electron chi connectivity index (χ0n) is 9.19. The average molecular weight is 274 g/mol. The number of guanidine groups is 2. The topological polar surface area (TPSA) is 103 Å². The SMILES string of the molecule is CC(N=C(N)N=C(N)N)c1ccc(Cl)cc1Cl. The molecule has 0 heterocycles. The van der Waals surface area contributed by atoms with Crippen LogP contribution in [-0.2, 0) is 0 Å². The van der Waals surface area contributed by atoms with Gasteiger partial charge in [0.1, 0.15) is 0 Å². The third-order valence-electron chi connectivity index (χ3n) is 1.98. The molecule has 92 valence electrons. The minimum absolute atomic E-state index is 0.00326. The van der Waals surface area contributed by atoms with Crippen LogP contribution in [0.25, 0.3) is 0 Å². The van der Waals surface area contributed by atoms with Gasteiger partial charge in [-0.25, -0.2) is 4.99 Å². The molecule has 0 fully saturated rings. The zero-order chi connectivity index (χ0) is 13.0. The Morgan fingerprint density at radius 1 is 1.24 bits per heavy atom. The molecule has 0 aliphatic heterocycles. The third-order valence-corrected chi connectivity index (χ3v) is 2.54. The Kier molecular flexibility index (Phi) is 4.60. The van der Waals surface area contributed by atoms with Crippen molar-refractivity contribution in [1.82, 2.24) is 0 Å². The molecule has 0 bridgehead atoms. The Balaban J connectivity index is 2.97. The first-order valence-electron chi connectivity index (χ1n) is 4.78. The van der Waals surface area contributed by atoms with Gasteiger partial charge in [-0.15, -0.1) is 0 Å². The summed E-state index contributed by atoms with van der Waals surface area (Å²) in [7, 11) is 0. The maximum atomic E-state index is 6.03. The second kappa shape index (κ2) is 5.75. The van der Waals surface area contributed by atoms with Crippen LogP contribution >= 0.6 is 23.2 Å². The summed E-state index contributed by atoms with van der Waals surface area (Å²) in [4.78, 5) is 7.72. The van der Waals surface area contributed by atoms with Gasteiger partial charge in [0.05, 0.1) is 6.04 Å². The standard InChI is InChI=1S/C10H13Cl2N5/c1-5(16-10(15)17-9(13)14)7-3-2-6(11)4-8(7)12/h2-5H,1H3,(H6,13,14,15,16,17). The first-order valence-corrected chi connectivity index (χ1v) is 5.53. The van der Waals surface area contributed by atoms with Crippen molar-refractivity contribution < 1.29 is 0 Å². The normalized spacial score (nSPS) is 13.2. The number of nitrogens with zero attached hydrogens (tertiary/aromatic N) is 2. The summed E-state index contributed by atoms with van der Waals surface area (Å²) in [5.74, 6) is -0.135. The van der Waals surface area contributed by atoms with Gasteiger partial charge < -0.3 is 17.2 Å². The lowest BCUT2D eigenvalue weighted by Gasteiger charge is -2.09. The molecule has 0 spiro atoms. The third kappa shape index (κ3) is 4.13. The predicted octanol–water partition coefficient (Wildman–Crippen LogP) is 1.64. The summed E-state index contributed by atoms with van der Waals surface area (Å²) < 4.78 is 0. The van der Waals surface area contributed by atoms with Crippen LogP contribution in [0, 0.1) is 0 Å². The van der Waals surface area contributed by atoms with E-state index in [1.807, 2.05) is 6.92 Å². The van der Waals surface area contributed by atoms with Gasteiger partial charge in [0.2, 0.25) is 5.96 Å². The van der Waals surface area contributed by atoms with E-state index in [0.29, 0.717) is 10.0 Å². The number of halogens is 2. The number of hydrogen-bond donors (Lipinski definition) is 3. The molecular weight excluding hydrogens is 261 g/mol. The van der Waals surface area contributed by atoms with Crippen LogP contribution in [-0.4, -0.2) is 11.9 Å². The Labute approximate surface area is 109 Å². The molecule has 0 aromatic heterocycles. The molecule has 5 nitrogen and oxygen atoms in total. The lowest BCUT2D eigenvalue weighted by Crippen LogP contribution is -2.26. The van der Waals surface area contributed by atoms with Crippen LogP contribution in [0.5, 0.6) is 0 Å². The van der Waals surface area contributed by atoms with Crippen LogP contribution in [0.4, 0.5) is 0 Å². The van der Waals surface area contributed by atoms with Crippen LogP contribution in [0.2, 0.25) is 10.0 Å². The van der Waals surface area contributed by atoms with Gasteiger partial charge in [0, 0.05) is 10.0 Å². The van der Waals surface area contributed by atoms with Crippen LogP contribution in [0.3, 0.4) is 0 Å². The highest BCUT2D eigenvalue weighted by molar-refractivity contribution is 6.35. The van der Waals surface area contributed by atoms with Gasteiger partial charge in [0.15, 0.2) is 5.96 Å². The largest absolute Gasteiger partial charge is 0.370 e. The second-order valence-electron chi connectivity index (χ2n) is 3.37. The van der Waals surface area contributed by atoms with E-state index in [4.69, 9.17) is 40.4 Å². The van der Waals surface area contributed by atoms with E-state index in [-0.39, 0.29) is 18.0 Å². The Hall–Kier alpha value is -1.46. The van der Waals surface area contributed by atoms with Crippen molar-refractivity contribution in [2.75, 3.05) is 0 Å². The molecule has 1 rings (SSSR count). The number of hydrogen-bond acceptors (Lipinski definition) is 1. The lowest BCUT2D eigenvalue weighted by molar-refractivity contribution is 0.816. The Morgan fingerprint density at radius 2 is 1.88 bits per heavy atom. The summed E-state index contributed by atoms with van der Waals surface area (Å²) in [5, 5.41) is 1.08. The highest BCUT2D eigenvalue weighted by Gasteiger charge is 2.09. The van der Waals surface area contributed by atoms with Gasteiger partial charge in [-0.3, -0.25) is 0 Å². The Morgan fingerprint density at radius 3 is 2.41 bits per heavy atom. The molecule has 1 atom stereocenters. The quantitative estimate of drug-likeness (QED) is 0.564. The number of nitrogens with two attached hydrogens (primary N) is 3. The van der Waals surface area contributed by atoms with E-state index in [2.05, 4.69) is 9.98 Å².